The third-order valence-electron chi connectivity index (χ3n) is 11.7. The molecule has 0 spiro atoms. The topological polar surface area (TPSA) is 44.6 Å². The van der Waals surface area contributed by atoms with Crippen molar-refractivity contribution in [2.45, 2.75) is 102 Å². The van der Waals surface area contributed by atoms with Crippen molar-refractivity contribution >= 4 is 16.9 Å². The van der Waals surface area contributed by atoms with Gasteiger partial charge in [-0.25, -0.2) is 4.98 Å². The Balaban J connectivity index is 1.17. The minimum Gasteiger partial charge on any atom is -0.341 e. The molecule has 6 nitrogen and oxygen atoms in total. The molecule has 1 aromatic heterocycles. The maximum Gasteiger partial charge on any atom is 0.240 e. The number of piperidine rings is 1. The Morgan fingerprint density at radius 3 is 2.40 bits per heavy atom. The standard InChI is InChI=1S/C37H53N5O/c1-7-26(3)35(39(5)6)36(43)40-21-18-37(19-22-40,28-14-10-9-11-15-28)20-23-41-32(8-2)30-24-29(25-34(30)41)42-27(4)38-31-16-12-13-17-33(31)42/h9-17,26,29-30,32,34-35H,7-8,18-25H2,1-6H3/t26-,29?,30?,32?,34?,35?/m0/s1. The monoisotopic (exact) mass is 583 g/mol. The van der Waals surface area contributed by atoms with Gasteiger partial charge in [0.1, 0.15) is 5.82 Å². The summed E-state index contributed by atoms with van der Waals surface area (Å²) in [4.78, 5) is 25.8. The molecule has 0 radical (unpaired) electrons. The lowest BCUT2D eigenvalue weighted by atomic mass is 9.69. The number of aromatic nitrogens is 2. The van der Waals surface area contributed by atoms with Gasteiger partial charge in [0.15, 0.2) is 0 Å². The molecule has 3 fully saturated rings. The lowest BCUT2D eigenvalue weighted by Crippen LogP contribution is -2.62. The summed E-state index contributed by atoms with van der Waals surface area (Å²) < 4.78 is 2.54. The summed E-state index contributed by atoms with van der Waals surface area (Å²) in [6.45, 7) is 11.8. The molecule has 6 atom stereocenters. The Bertz CT molecular complexity index is 1390. The van der Waals surface area contributed by atoms with Crippen LogP contribution in [0.25, 0.3) is 11.0 Å². The smallest absolute Gasteiger partial charge is 0.240 e. The van der Waals surface area contributed by atoms with Crippen molar-refractivity contribution in [2.75, 3.05) is 33.7 Å². The fourth-order valence-corrected chi connectivity index (χ4v) is 9.27. The Hall–Kier alpha value is -2.70. The lowest BCUT2D eigenvalue weighted by molar-refractivity contribution is -0.139. The summed E-state index contributed by atoms with van der Waals surface area (Å²) >= 11 is 0. The molecule has 2 saturated heterocycles. The van der Waals surface area contributed by atoms with Crippen molar-refractivity contribution in [1.82, 2.24) is 24.3 Å². The fraction of sp³-hybridized carbons (Fsp3) is 0.622. The van der Waals surface area contributed by atoms with Crippen LogP contribution in [-0.2, 0) is 10.2 Å². The van der Waals surface area contributed by atoms with Crippen LogP contribution in [0.3, 0.4) is 0 Å². The van der Waals surface area contributed by atoms with Crippen LogP contribution in [0.5, 0.6) is 0 Å². The molecule has 2 aliphatic heterocycles. The van der Waals surface area contributed by atoms with Crippen LogP contribution in [-0.4, -0.2) is 82.0 Å². The number of hydrogen-bond acceptors (Lipinski definition) is 4. The number of carbonyl (C=O) groups excluding carboxylic acids is 1. The van der Waals surface area contributed by atoms with E-state index in [1.54, 1.807) is 0 Å². The number of hydrogen-bond donors (Lipinski definition) is 0. The zero-order valence-electron chi connectivity index (χ0n) is 27.4. The molecule has 1 aliphatic carbocycles. The Morgan fingerprint density at radius 2 is 1.72 bits per heavy atom. The van der Waals surface area contributed by atoms with Gasteiger partial charge in [-0.15, -0.1) is 0 Å². The van der Waals surface area contributed by atoms with Crippen LogP contribution in [0.2, 0.25) is 0 Å². The van der Waals surface area contributed by atoms with Crippen LogP contribution in [0.15, 0.2) is 54.6 Å². The second kappa shape index (κ2) is 12.4. The highest BCUT2D eigenvalue weighted by atomic mass is 16.2. The van der Waals surface area contributed by atoms with Crippen molar-refractivity contribution < 1.29 is 4.79 Å². The number of likely N-dealkylation sites (N-methyl/N-ethyl adjacent to an activating group) is 1. The zero-order chi connectivity index (χ0) is 30.3. The first kappa shape index (κ1) is 30.3. The third kappa shape index (κ3) is 5.44. The van der Waals surface area contributed by atoms with E-state index >= 15 is 0 Å². The number of amides is 1. The van der Waals surface area contributed by atoms with E-state index in [-0.39, 0.29) is 11.5 Å². The molecule has 6 heteroatoms. The second-order valence-electron chi connectivity index (χ2n) is 14.1. The molecule has 43 heavy (non-hydrogen) atoms. The highest BCUT2D eigenvalue weighted by Gasteiger charge is 2.53. The SMILES string of the molecule is CCC1C2CC(n3c(C)nc4ccccc43)CC2N1CCC1(c2ccccc2)CCN(C(=O)C([C@@H](C)CC)N(C)C)CC1. The number of imidazole rings is 1. The van der Waals surface area contributed by atoms with E-state index in [0.29, 0.717) is 30.0 Å². The number of para-hydroxylation sites is 2. The fourth-order valence-electron chi connectivity index (χ4n) is 9.27. The lowest BCUT2D eigenvalue weighted by Gasteiger charge is -2.54. The average Bonchev–Trinajstić information content (AvgIpc) is 3.55. The summed E-state index contributed by atoms with van der Waals surface area (Å²) in [5, 5.41) is 0. The van der Waals surface area contributed by atoms with Gasteiger partial charge in [-0.2, -0.15) is 0 Å². The number of rotatable bonds is 10. The summed E-state index contributed by atoms with van der Waals surface area (Å²) in [5.74, 6) is 2.61. The van der Waals surface area contributed by atoms with Gasteiger partial charge in [-0.3, -0.25) is 14.6 Å². The third-order valence-corrected chi connectivity index (χ3v) is 11.7. The van der Waals surface area contributed by atoms with Gasteiger partial charge >= 0.3 is 0 Å². The minimum absolute atomic E-state index is 0.0378. The summed E-state index contributed by atoms with van der Waals surface area (Å²) in [6.07, 6.45) is 7.99. The largest absolute Gasteiger partial charge is 0.341 e. The van der Waals surface area contributed by atoms with Crippen LogP contribution in [0, 0.1) is 18.8 Å². The highest BCUT2D eigenvalue weighted by Crippen LogP contribution is 2.51. The molecule has 232 valence electrons. The van der Waals surface area contributed by atoms with Crippen LogP contribution < -0.4 is 0 Å². The number of likely N-dealkylation sites (tertiary alicyclic amines) is 2. The molecular weight excluding hydrogens is 530 g/mol. The second-order valence-corrected chi connectivity index (χ2v) is 14.1. The molecule has 3 heterocycles. The van der Waals surface area contributed by atoms with E-state index in [0.717, 1.165) is 56.2 Å². The van der Waals surface area contributed by atoms with Crippen molar-refractivity contribution in [3.63, 3.8) is 0 Å². The van der Waals surface area contributed by atoms with E-state index in [1.807, 2.05) is 0 Å². The van der Waals surface area contributed by atoms with Crippen molar-refractivity contribution in [1.29, 1.82) is 0 Å². The van der Waals surface area contributed by atoms with Gasteiger partial charge < -0.3 is 9.47 Å². The molecule has 1 saturated carbocycles. The summed E-state index contributed by atoms with van der Waals surface area (Å²) in [5.41, 5.74) is 4.00. The first-order valence-electron chi connectivity index (χ1n) is 17.0. The first-order chi connectivity index (χ1) is 20.8. The predicted octanol–water partition coefficient (Wildman–Crippen LogP) is 6.69. The maximum atomic E-state index is 13.7. The van der Waals surface area contributed by atoms with Crippen molar-refractivity contribution in [3.05, 3.63) is 66.0 Å². The van der Waals surface area contributed by atoms with E-state index < -0.39 is 0 Å². The van der Waals surface area contributed by atoms with Crippen molar-refractivity contribution in [3.8, 4) is 0 Å². The molecule has 6 rings (SSSR count). The van der Waals surface area contributed by atoms with Gasteiger partial charge in [0, 0.05) is 31.2 Å². The normalized spacial score (nSPS) is 26.8. The van der Waals surface area contributed by atoms with Gasteiger partial charge in [-0.05, 0) is 101 Å². The number of aryl methyl sites for hydroxylation is 1. The van der Waals surface area contributed by atoms with E-state index in [1.165, 1.54) is 36.8 Å². The van der Waals surface area contributed by atoms with Crippen LogP contribution in [0.4, 0.5) is 0 Å². The summed E-state index contributed by atoms with van der Waals surface area (Å²) in [6, 6.07) is 21.7. The first-order valence-corrected chi connectivity index (χ1v) is 17.0. The summed E-state index contributed by atoms with van der Waals surface area (Å²) in [7, 11) is 4.11. The quantitative estimate of drug-likeness (QED) is 0.267. The maximum absolute atomic E-state index is 13.7. The van der Waals surface area contributed by atoms with Crippen LogP contribution >= 0.6 is 0 Å². The zero-order valence-corrected chi connectivity index (χ0v) is 27.4. The van der Waals surface area contributed by atoms with E-state index in [2.05, 4.69) is 116 Å². The van der Waals surface area contributed by atoms with Crippen molar-refractivity contribution in [2.24, 2.45) is 11.8 Å². The predicted molar refractivity (Wildman–Crippen MR) is 176 cm³/mol. The molecule has 0 N–H and O–H groups in total. The molecule has 1 amide bonds. The van der Waals surface area contributed by atoms with E-state index in [4.69, 9.17) is 4.98 Å². The van der Waals surface area contributed by atoms with E-state index in [9.17, 15) is 4.79 Å². The highest BCUT2D eigenvalue weighted by molar-refractivity contribution is 5.82. The Morgan fingerprint density at radius 1 is 1.02 bits per heavy atom. The van der Waals surface area contributed by atoms with Crippen LogP contribution in [0.1, 0.15) is 83.1 Å². The average molecular weight is 584 g/mol. The van der Waals surface area contributed by atoms with Gasteiger partial charge in [-0.1, -0.05) is 69.7 Å². The minimum atomic E-state index is -0.0378. The van der Waals surface area contributed by atoms with Gasteiger partial charge in [0.05, 0.1) is 17.1 Å². The Kier molecular flexibility index (Phi) is 8.72. The molecule has 2 aromatic carbocycles. The molecule has 3 aliphatic rings. The molecule has 0 bridgehead atoms. The number of carbonyl (C=O) groups is 1. The molecule has 3 aromatic rings. The number of nitrogens with zero attached hydrogens (tertiary/aromatic N) is 5. The Labute approximate surface area is 259 Å². The van der Waals surface area contributed by atoms with Gasteiger partial charge in [0.2, 0.25) is 5.91 Å². The number of benzene rings is 2. The molecule has 5 unspecified atom stereocenters. The molecular formula is C37H53N5O. The number of fused-ring (bicyclic) bond motifs is 2. The van der Waals surface area contributed by atoms with Gasteiger partial charge in [0.25, 0.3) is 0 Å².